The number of ether oxygens (including phenoxy) is 1. The summed E-state index contributed by atoms with van der Waals surface area (Å²) in [4.78, 5) is 0. The van der Waals surface area contributed by atoms with Crippen LogP contribution in [-0.4, -0.2) is 10.9 Å². The predicted octanol–water partition coefficient (Wildman–Crippen LogP) is 16.6. The summed E-state index contributed by atoms with van der Waals surface area (Å²) in [6.07, 6.45) is 58.3. The molecule has 0 saturated carbocycles. The van der Waals surface area contributed by atoms with Gasteiger partial charge in [0.05, 0.1) is 6.26 Å². The molecule has 0 aromatic carbocycles. The van der Waals surface area contributed by atoms with Crippen molar-refractivity contribution >= 4 is 0 Å². The maximum Gasteiger partial charge on any atom is 0.207 e. The summed E-state index contributed by atoms with van der Waals surface area (Å²) >= 11 is 0. The molecule has 2 heteroatoms. The van der Waals surface area contributed by atoms with Gasteiger partial charge in [-0.25, -0.2) is 0 Å². The highest BCUT2D eigenvalue weighted by molar-refractivity contribution is 4.81. The van der Waals surface area contributed by atoms with E-state index in [-0.39, 0.29) is 0 Å². The van der Waals surface area contributed by atoms with Crippen LogP contribution in [0, 0.1) is 0 Å². The van der Waals surface area contributed by atoms with E-state index in [4.69, 9.17) is 4.74 Å². The van der Waals surface area contributed by atoms with Gasteiger partial charge in [-0.15, -0.1) is 0 Å². The van der Waals surface area contributed by atoms with Crippen LogP contribution in [-0.2, 0) is 4.74 Å². The number of hydrogen-bond donors (Lipinski definition) is 1. The molecule has 0 amide bonds. The van der Waals surface area contributed by atoms with Crippen LogP contribution in [0.1, 0.15) is 265 Å². The minimum atomic E-state index is -0.980. The molecule has 0 fully saturated rings. The Labute approximate surface area is 304 Å². The average molecular weight is 675 g/mol. The van der Waals surface area contributed by atoms with Gasteiger partial charge in [-0.05, 0) is 57.4 Å². The quantitative estimate of drug-likeness (QED) is 0.0303. The predicted molar refractivity (Wildman–Crippen MR) is 217 cm³/mol. The maximum atomic E-state index is 11.5. The second kappa shape index (κ2) is 40.7. The van der Waals surface area contributed by atoms with E-state index in [1.165, 1.54) is 212 Å². The van der Waals surface area contributed by atoms with Gasteiger partial charge in [0.2, 0.25) is 5.79 Å². The molecule has 1 N–H and O–H groups in total. The van der Waals surface area contributed by atoms with Gasteiger partial charge in [0.1, 0.15) is 0 Å². The fraction of sp³-hybridized carbons (Fsp3) is 0.913. The van der Waals surface area contributed by atoms with E-state index in [1.807, 2.05) is 6.26 Å². The first-order valence-corrected chi connectivity index (χ1v) is 22.4. The van der Waals surface area contributed by atoms with Crippen molar-refractivity contribution in [1.82, 2.24) is 0 Å². The van der Waals surface area contributed by atoms with Crippen LogP contribution < -0.4 is 0 Å². The molecule has 0 spiro atoms. The zero-order chi connectivity index (χ0) is 34.9. The van der Waals surface area contributed by atoms with Gasteiger partial charge in [-0.1, -0.05) is 213 Å². The van der Waals surface area contributed by atoms with Crippen LogP contribution in [0.5, 0.6) is 0 Å². The van der Waals surface area contributed by atoms with Crippen molar-refractivity contribution in [3.8, 4) is 0 Å². The van der Waals surface area contributed by atoms with Crippen molar-refractivity contribution in [1.29, 1.82) is 0 Å². The molecule has 1 atom stereocenters. The number of hydrogen-bond acceptors (Lipinski definition) is 2. The highest BCUT2D eigenvalue weighted by Gasteiger charge is 2.26. The SMILES string of the molecule is CCCCCCCC/C=C\CCCCCCCC(O)(CCCCCCCCCCCCCC)OC=CCCCCCCCCCCCC. The molecule has 0 radical (unpaired) electrons. The smallest absolute Gasteiger partial charge is 0.207 e. The molecule has 0 aliphatic carbocycles. The average Bonchev–Trinajstić information content (AvgIpc) is 3.09. The van der Waals surface area contributed by atoms with Crippen molar-refractivity contribution in [3.63, 3.8) is 0 Å². The number of rotatable bonds is 41. The zero-order valence-corrected chi connectivity index (χ0v) is 33.5. The van der Waals surface area contributed by atoms with Gasteiger partial charge in [0, 0.05) is 12.8 Å². The molecular formula is C46H90O2. The molecule has 0 saturated heterocycles. The Kier molecular flexibility index (Phi) is 40.0. The van der Waals surface area contributed by atoms with Gasteiger partial charge in [-0.3, -0.25) is 0 Å². The standard InChI is InChI=1S/C46H90O2/c1-4-7-10-13-16-19-22-25-26-27-29-32-35-38-41-44-46(47,43-40-37-34-31-28-23-20-17-14-11-8-5-2)48-45-42-39-36-33-30-24-21-18-15-12-9-6-3/h25-26,42,45,47H,4-24,27-41,43-44H2,1-3H3/b26-25-,45-42?. The minimum absolute atomic E-state index is 0.770. The van der Waals surface area contributed by atoms with Crippen LogP contribution >= 0.6 is 0 Å². The van der Waals surface area contributed by atoms with E-state index < -0.39 is 5.79 Å². The summed E-state index contributed by atoms with van der Waals surface area (Å²) in [6, 6.07) is 0. The van der Waals surface area contributed by atoms with Gasteiger partial charge < -0.3 is 9.84 Å². The Balaban J connectivity index is 4.18. The monoisotopic (exact) mass is 675 g/mol. The Hall–Kier alpha value is -0.760. The van der Waals surface area contributed by atoms with E-state index in [2.05, 4.69) is 39.0 Å². The summed E-state index contributed by atoms with van der Waals surface area (Å²) in [7, 11) is 0. The molecule has 0 aromatic heterocycles. The second-order valence-electron chi connectivity index (χ2n) is 15.4. The molecule has 1 unspecified atom stereocenters. The van der Waals surface area contributed by atoms with E-state index in [1.54, 1.807) is 0 Å². The van der Waals surface area contributed by atoms with Crippen molar-refractivity contribution < 1.29 is 9.84 Å². The summed E-state index contributed by atoms with van der Waals surface area (Å²) in [5.74, 6) is -0.980. The Morgan fingerprint density at radius 2 is 0.583 bits per heavy atom. The fourth-order valence-corrected chi connectivity index (χ4v) is 6.95. The third-order valence-electron chi connectivity index (χ3n) is 10.4. The molecule has 0 rings (SSSR count). The number of allylic oxidation sites excluding steroid dienone is 3. The molecule has 0 heterocycles. The summed E-state index contributed by atoms with van der Waals surface area (Å²) < 4.78 is 6.11. The van der Waals surface area contributed by atoms with Gasteiger partial charge >= 0.3 is 0 Å². The lowest BCUT2D eigenvalue weighted by atomic mass is 9.98. The van der Waals surface area contributed by atoms with Crippen molar-refractivity contribution in [3.05, 3.63) is 24.5 Å². The van der Waals surface area contributed by atoms with Gasteiger partial charge in [-0.2, -0.15) is 0 Å². The van der Waals surface area contributed by atoms with Gasteiger partial charge in [0.15, 0.2) is 0 Å². The van der Waals surface area contributed by atoms with Gasteiger partial charge in [0.25, 0.3) is 0 Å². The highest BCUT2D eigenvalue weighted by Crippen LogP contribution is 2.26. The lowest BCUT2D eigenvalue weighted by molar-refractivity contribution is -0.178. The van der Waals surface area contributed by atoms with E-state index in [9.17, 15) is 5.11 Å². The zero-order valence-electron chi connectivity index (χ0n) is 33.5. The first-order chi connectivity index (χ1) is 23.7. The second-order valence-corrected chi connectivity index (χ2v) is 15.4. The number of aliphatic hydroxyl groups is 1. The summed E-state index contributed by atoms with van der Waals surface area (Å²) in [5.41, 5.74) is 0. The first-order valence-electron chi connectivity index (χ1n) is 22.4. The normalized spacial score (nSPS) is 13.2. The highest BCUT2D eigenvalue weighted by atomic mass is 16.6. The minimum Gasteiger partial charge on any atom is -0.471 e. The maximum absolute atomic E-state index is 11.5. The molecule has 0 bridgehead atoms. The first kappa shape index (κ1) is 47.2. The molecule has 48 heavy (non-hydrogen) atoms. The van der Waals surface area contributed by atoms with Crippen LogP contribution in [0.2, 0.25) is 0 Å². The molecule has 2 nitrogen and oxygen atoms in total. The summed E-state index contributed by atoms with van der Waals surface area (Å²) in [5, 5.41) is 11.5. The summed E-state index contributed by atoms with van der Waals surface area (Å²) in [6.45, 7) is 6.87. The van der Waals surface area contributed by atoms with E-state index >= 15 is 0 Å². The Morgan fingerprint density at radius 1 is 0.333 bits per heavy atom. The third-order valence-corrected chi connectivity index (χ3v) is 10.4. The topological polar surface area (TPSA) is 29.5 Å². The van der Waals surface area contributed by atoms with Crippen LogP contribution in [0.25, 0.3) is 0 Å². The lowest BCUT2D eigenvalue weighted by Crippen LogP contribution is -2.30. The molecule has 0 aliphatic heterocycles. The third kappa shape index (κ3) is 38.0. The van der Waals surface area contributed by atoms with Crippen molar-refractivity contribution in [2.45, 2.75) is 271 Å². The Bertz CT molecular complexity index is 640. The molecular weight excluding hydrogens is 585 g/mol. The van der Waals surface area contributed by atoms with Crippen LogP contribution in [0.3, 0.4) is 0 Å². The largest absolute Gasteiger partial charge is 0.471 e. The fourth-order valence-electron chi connectivity index (χ4n) is 6.95. The molecule has 0 aromatic rings. The van der Waals surface area contributed by atoms with E-state index in [0.717, 1.165) is 32.1 Å². The lowest BCUT2D eigenvalue weighted by Gasteiger charge is -2.27. The molecule has 0 aliphatic rings. The van der Waals surface area contributed by atoms with Crippen molar-refractivity contribution in [2.75, 3.05) is 0 Å². The van der Waals surface area contributed by atoms with Crippen LogP contribution in [0.15, 0.2) is 24.5 Å². The van der Waals surface area contributed by atoms with E-state index in [0.29, 0.717) is 0 Å². The Morgan fingerprint density at radius 3 is 0.896 bits per heavy atom. The molecule has 286 valence electrons. The number of unbranched alkanes of at least 4 members (excludes halogenated alkanes) is 32. The van der Waals surface area contributed by atoms with Crippen molar-refractivity contribution in [2.24, 2.45) is 0 Å². The van der Waals surface area contributed by atoms with Crippen LogP contribution in [0.4, 0.5) is 0 Å².